The molecular formula is C32H35N5O2. The monoisotopic (exact) mass is 521 g/mol. The van der Waals surface area contributed by atoms with Crippen molar-refractivity contribution in [1.29, 1.82) is 5.26 Å². The molecular weight excluding hydrogens is 486 g/mol. The summed E-state index contributed by atoms with van der Waals surface area (Å²) in [6.07, 6.45) is 1.60. The summed E-state index contributed by atoms with van der Waals surface area (Å²) >= 11 is 0. The normalized spacial score (nSPS) is 17.1. The lowest BCUT2D eigenvalue weighted by atomic mass is 9.93. The highest BCUT2D eigenvalue weighted by Gasteiger charge is 2.33. The minimum absolute atomic E-state index is 0.0157. The van der Waals surface area contributed by atoms with Gasteiger partial charge in [0.2, 0.25) is 5.91 Å². The van der Waals surface area contributed by atoms with Crippen LogP contribution >= 0.6 is 0 Å². The first-order valence-electron chi connectivity index (χ1n) is 13.8. The minimum Gasteiger partial charge on any atom is -0.368 e. The number of para-hydroxylation sites is 1. The summed E-state index contributed by atoms with van der Waals surface area (Å²) in [6.45, 7) is 7.12. The Labute approximate surface area is 230 Å². The third-order valence-corrected chi connectivity index (χ3v) is 8.18. The van der Waals surface area contributed by atoms with E-state index in [-0.39, 0.29) is 23.8 Å². The number of benzene rings is 3. The molecule has 5 rings (SSSR count). The van der Waals surface area contributed by atoms with Crippen LogP contribution in [-0.2, 0) is 4.79 Å². The van der Waals surface area contributed by atoms with Gasteiger partial charge in [0.15, 0.2) is 0 Å². The van der Waals surface area contributed by atoms with E-state index >= 15 is 0 Å². The molecule has 2 aliphatic heterocycles. The standard InChI is InChI=1S/C32H35N5O2/c1-4-22(5-2)32(39)35(3)24-14-15-29(23(20-24)21-33)36-16-18-37(19-17-36)30-25-10-6-7-11-26(25)31(38)34-28-13-9-8-12-27(28)30/h6-15,20,22,30H,4-5,16-19H2,1-3H3,(H,34,38). The lowest BCUT2D eigenvalue weighted by Gasteiger charge is -2.41. The zero-order valence-electron chi connectivity index (χ0n) is 22.9. The van der Waals surface area contributed by atoms with Gasteiger partial charge in [-0.25, -0.2) is 0 Å². The number of carbonyl (C=O) groups is 2. The molecule has 2 heterocycles. The van der Waals surface area contributed by atoms with Gasteiger partial charge in [0, 0.05) is 56.1 Å². The third-order valence-electron chi connectivity index (χ3n) is 8.18. The van der Waals surface area contributed by atoms with E-state index in [4.69, 9.17) is 0 Å². The molecule has 0 radical (unpaired) electrons. The molecule has 1 atom stereocenters. The molecule has 2 amide bonds. The lowest BCUT2D eigenvalue weighted by Crippen LogP contribution is -2.48. The summed E-state index contributed by atoms with van der Waals surface area (Å²) in [4.78, 5) is 32.3. The molecule has 1 saturated heterocycles. The number of anilines is 3. The van der Waals surface area contributed by atoms with Crippen LogP contribution in [0.25, 0.3) is 0 Å². The number of hydrogen-bond acceptors (Lipinski definition) is 5. The molecule has 2 aliphatic rings. The van der Waals surface area contributed by atoms with Crippen LogP contribution < -0.4 is 15.1 Å². The van der Waals surface area contributed by atoms with Crippen molar-refractivity contribution in [2.45, 2.75) is 32.7 Å². The van der Waals surface area contributed by atoms with Crippen molar-refractivity contribution in [2.75, 3.05) is 48.3 Å². The van der Waals surface area contributed by atoms with Crippen molar-refractivity contribution >= 4 is 28.9 Å². The van der Waals surface area contributed by atoms with E-state index in [0.29, 0.717) is 11.1 Å². The van der Waals surface area contributed by atoms with E-state index in [2.05, 4.69) is 33.3 Å². The van der Waals surface area contributed by atoms with E-state index in [1.807, 2.05) is 68.4 Å². The summed E-state index contributed by atoms with van der Waals surface area (Å²) in [5.74, 6) is -0.00852. The molecule has 1 fully saturated rings. The average molecular weight is 522 g/mol. The highest BCUT2D eigenvalue weighted by molar-refractivity contribution is 6.07. The van der Waals surface area contributed by atoms with Crippen LogP contribution in [0.15, 0.2) is 66.7 Å². The second-order valence-corrected chi connectivity index (χ2v) is 10.3. The number of fused-ring (bicyclic) bond motifs is 2. The maximum Gasteiger partial charge on any atom is 0.256 e. The first kappa shape index (κ1) is 26.5. The molecule has 200 valence electrons. The second-order valence-electron chi connectivity index (χ2n) is 10.3. The molecule has 3 aromatic rings. The Hall–Kier alpha value is -4.15. The van der Waals surface area contributed by atoms with Crippen molar-refractivity contribution in [2.24, 2.45) is 5.92 Å². The van der Waals surface area contributed by atoms with E-state index in [1.165, 1.54) is 0 Å². The molecule has 0 saturated carbocycles. The zero-order valence-corrected chi connectivity index (χ0v) is 22.9. The van der Waals surface area contributed by atoms with Crippen LogP contribution in [-0.4, -0.2) is 49.9 Å². The molecule has 39 heavy (non-hydrogen) atoms. The van der Waals surface area contributed by atoms with Crippen LogP contribution in [0.4, 0.5) is 17.1 Å². The van der Waals surface area contributed by atoms with Gasteiger partial charge in [-0.05, 0) is 54.3 Å². The van der Waals surface area contributed by atoms with E-state index in [1.54, 1.807) is 11.9 Å². The van der Waals surface area contributed by atoms with Crippen molar-refractivity contribution < 1.29 is 9.59 Å². The van der Waals surface area contributed by atoms with Crippen LogP contribution in [0.2, 0.25) is 0 Å². The maximum atomic E-state index is 13.0. The van der Waals surface area contributed by atoms with Gasteiger partial charge in [-0.2, -0.15) is 5.26 Å². The molecule has 0 spiro atoms. The number of nitrogens with zero attached hydrogens (tertiary/aromatic N) is 4. The Morgan fingerprint density at radius 2 is 1.67 bits per heavy atom. The summed E-state index contributed by atoms with van der Waals surface area (Å²) in [7, 11) is 1.79. The molecule has 1 N–H and O–H groups in total. The van der Waals surface area contributed by atoms with Gasteiger partial charge >= 0.3 is 0 Å². The molecule has 7 nitrogen and oxygen atoms in total. The molecule has 3 aromatic carbocycles. The van der Waals surface area contributed by atoms with E-state index < -0.39 is 0 Å². The van der Waals surface area contributed by atoms with Crippen LogP contribution in [0.5, 0.6) is 0 Å². The Bertz CT molecular complexity index is 1420. The number of carbonyl (C=O) groups excluding carboxylic acids is 2. The second kappa shape index (κ2) is 11.3. The smallest absolute Gasteiger partial charge is 0.256 e. The lowest BCUT2D eigenvalue weighted by molar-refractivity contribution is -0.122. The first-order chi connectivity index (χ1) is 19.0. The van der Waals surface area contributed by atoms with Crippen LogP contribution in [0.3, 0.4) is 0 Å². The van der Waals surface area contributed by atoms with E-state index in [9.17, 15) is 14.9 Å². The largest absolute Gasteiger partial charge is 0.368 e. The van der Waals surface area contributed by atoms with Crippen molar-refractivity contribution in [3.05, 3.63) is 89.0 Å². The summed E-state index contributed by atoms with van der Waals surface area (Å²) in [6, 6.07) is 24.0. The van der Waals surface area contributed by atoms with Gasteiger partial charge in [0.05, 0.1) is 17.3 Å². The van der Waals surface area contributed by atoms with Gasteiger partial charge < -0.3 is 15.1 Å². The van der Waals surface area contributed by atoms with Crippen LogP contribution in [0.1, 0.15) is 59.8 Å². The number of amides is 2. The van der Waals surface area contributed by atoms with Crippen molar-refractivity contribution in [1.82, 2.24) is 4.90 Å². The summed E-state index contributed by atoms with van der Waals surface area (Å²) in [5.41, 5.74) is 5.87. The summed E-state index contributed by atoms with van der Waals surface area (Å²) < 4.78 is 0. The SMILES string of the molecule is CCC(CC)C(=O)N(C)c1ccc(N2CCN(C3c4ccccc4NC(=O)c4ccccc43)CC2)c(C#N)c1. The van der Waals surface area contributed by atoms with Gasteiger partial charge in [-0.3, -0.25) is 14.5 Å². The Balaban J connectivity index is 1.38. The predicted molar refractivity (Wildman–Crippen MR) is 155 cm³/mol. The topological polar surface area (TPSA) is 79.7 Å². The number of piperazine rings is 1. The van der Waals surface area contributed by atoms with Crippen molar-refractivity contribution in [3.63, 3.8) is 0 Å². The highest BCUT2D eigenvalue weighted by atomic mass is 16.2. The van der Waals surface area contributed by atoms with Crippen molar-refractivity contribution in [3.8, 4) is 6.07 Å². The summed E-state index contributed by atoms with van der Waals surface area (Å²) in [5, 5.41) is 13.1. The molecule has 0 aromatic heterocycles. The minimum atomic E-state index is -0.0782. The number of nitriles is 1. The average Bonchev–Trinajstić information content (AvgIpc) is 3.11. The number of nitrogens with one attached hydrogen (secondary N) is 1. The Morgan fingerprint density at radius 3 is 2.36 bits per heavy atom. The quantitative estimate of drug-likeness (QED) is 0.468. The fourth-order valence-electron chi connectivity index (χ4n) is 5.90. The maximum absolute atomic E-state index is 13.0. The van der Waals surface area contributed by atoms with E-state index in [0.717, 1.165) is 67.2 Å². The Morgan fingerprint density at radius 1 is 1.00 bits per heavy atom. The molecule has 0 aliphatic carbocycles. The number of hydrogen-bond donors (Lipinski definition) is 1. The van der Waals surface area contributed by atoms with Gasteiger partial charge in [0.1, 0.15) is 6.07 Å². The van der Waals surface area contributed by atoms with Gasteiger partial charge in [-0.1, -0.05) is 50.2 Å². The Kier molecular flexibility index (Phi) is 7.67. The zero-order chi connectivity index (χ0) is 27.5. The van der Waals surface area contributed by atoms with Crippen LogP contribution in [0, 0.1) is 17.2 Å². The highest BCUT2D eigenvalue weighted by Crippen LogP contribution is 2.39. The number of rotatable bonds is 6. The first-order valence-corrected chi connectivity index (χ1v) is 13.8. The van der Waals surface area contributed by atoms with Gasteiger partial charge in [0.25, 0.3) is 5.91 Å². The third kappa shape index (κ3) is 5.00. The van der Waals surface area contributed by atoms with Gasteiger partial charge in [-0.15, -0.1) is 0 Å². The molecule has 7 heteroatoms. The fourth-order valence-corrected chi connectivity index (χ4v) is 5.90. The molecule has 1 unspecified atom stereocenters. The fraction of sp³-hybridized carbons (Fsp3) is 0.344. The predicted octanol–water partition coefficient (Wildman–Crippen LogP) is 5.43. The molecule has 0 bridgehead atoms.